The highest BCUT2D eigenvalue weighted by Crippen LogP contribution is 2.35. The van der Waals surface area contributed by atoms with Crippen LogP contribution in [0.2, 0.25) is 0 Å². The van der Waals surface area contributed by atoms with E-state index in [4.69, 9.17) is 0 Å². The summed E-state index contributed by atoms with van der Waals surface area (Å²) in [6.45, 7) is 7.05. The van der Waals surface area contributed by atoms with Crippen LogP contribution < -0.4 is 0 Å². The van der Waals surface area contributed by atoms with Crippen molar-refractivity contribution in [1.82, 2.24) is 24.4 Å². The van der Waals surface area contributed by atoms with Gasteiger partial charge < -0.3 is 9.47 Å². The number of amides is 1. The van der Waals surface area contributed by atoms with Crippen LogP contribution in [0.5, 0.6) is 0 Å². The molecule has 1 aromatic carbocycles. The first-order valence-electron chi connectivity index (χ1n) is 11.2. The molecule has 34 heavy (non-hydrogen) atoms. The zero-order chi connectivity index (χ0) is 23.1. The Kier molecular flexibility index (Phi) is 6.53. The van der Waals surface area contributed by atoms with Crippen molar-refractivity contribution in [1.29, 1.82) is 0 Å². The van der Waals surface area contributed by atoms with E-state index < -0.39 is 0 Å². The fourth-order valence-corrected chi connectivity index (χ4v) is 4.60. The lowest BCUT2D eigenvalue weighted by Gasteiger charge is -2.16. The van der Waals surface area contributed by atoms with E-state index in [1.54, 1.807) is 0 Å². The van der Waals surface area contributed by atoms with E-state index in [0.717, 1.165) is 56.2 Å². The van der Waals surface area contributed by atoms with Crippen molar-refractivity contribution in [3.63, 3.8) is 0 Å². The maximum Gasteiger partial charge on any atom is 0.250 e. The highest BCUT2D eigenvalue weighted by atomic mass is 35.5. The van der Waals surface area contributed by atoms with Gasteiger partial charge in [-0.05, 0) is 51.0 Å². The summed E-state index contributed by atoms with van der Waals surface area (Å²) in [5.74, 6) is 0.0642. The number of aryl methyl sites for hydroxylation is 4. The summed E-state index contributed by atoms with van der Waals surface area (Å²) in [5.41, 5.74) is 8.54. The third kappa shape index (κ3) is 4.10. The monoisotopic (exact) mass is 473 g/mol. The second kappa shape index (κ2) is 9.39. The minimum absolute atomic E-state index is 0. The minimum Gasteiger partial charge on any atom is -0.333 e. The number of benzene rings is 1. The molecule has 1 amide bonds. The predicted molar refractivity (Wildman–Crippen MR) is 138 cm³/mol. The molecule has 0 N–H and O–H groups in total. The summed E-state index contributed by atoms with van der Waals surface area (Å²) >= 11 is 0. The molecule has 1 aliphatic rings. The maximum atomic E-state index is 13.4. The Balaban J connectivity index is 0.00000274. The van der Waals surface area contributed by atoms with Gasteiger partial charge in [0.1, 0.15) is 5.65 Å². The summed E-state index contributed by atoms with van der Waals surface area (Å²) in [5, 5.41) is 1.05. The molecule has 1 saturated heterocycles. The zero-order valence-corrected chi connectivity index (χ0v) is 20.7. The van der Waals surface area contributed by atoms with Gasteiger partial charge in [0.2, 0.25) is 5.91 Å². The minimum atomic E-state index is 0. The summed E-state index contributed by atoms with van der Waals surface area (Å²) in [4.78, 5) is 29.1. The molecule has 0 spiro atoms. The van der Waals surface area contributed by atoms with Crippen molar-refractivity contribution in [2.24, 2.45) is 7.05 Å². The van der Waals surface area contributed by atoms with Crippen LogP contribution in [0, 0.1) is 20.8 Å². The first kappa shape index (κ1) is 23.6. The van der Waals surface area contributed by atoms with Gasteiger partial charge in [-0.2, -0.15) is 0 Å². The van der Waals surface area contributed by atoms with E-state index in [-0.39, 0.29) is 18.3 Å². The Labute approximate surface area is 205 Å². The molecule has 0 aliphatic carbocycles. The van der Waals surface area contributed by atoms with Crippen molar-refractivity contribution < 1.29 is 4.79 Å². The van der Waals surface area contributed by atoms with E-state index in [0.29, 0.717) is 19.5 Å². The molecule has 6 nitrogen and oxygen atoms in total. The molecule has 5 rings (SSSR count). The number of pyridine rings is 1. The smallest absolute Gasteiger partial charge is 0.250 e. The Morgan fingerprint density at radius 1 is 0.971 bits per heavy atom. The van der Waals surface area contributed by atoms with E-state index in [1.807, 2.05) is 63.2 Å². The summed E-state index contributed by atoms with van der Waals surface area (Å²) in [7, 11) is 2.03. The topological polar surface area (TPSA) is 63.9 Å². The van der Waals surface area contributed by atoms with Gasteiger partial charge in [-0.25, -0.2) is 4.98 Å². The molecule has 0 atom stereocenters. The zero-order valence-electron chi connectivity index (χ0n) is 19.9. The van der Waals surface area contributed by atoms with E-state index in [2.05, 4.69) is 43.8 Å². The highest BCUT2D eigenvalue weighted by Gasteiger charge is 2.28. The summed E-state index contributed by atoms with van der Waals surface area (Å²) in [6, 6.07) is 14.3. The molecule has 0 radical (unpaired) electrons. The van der Waals surface area contributed by atoms with Gasteiger partial charge in [-0.3, -0.25) is 14.8 Å². The van der Waals surface area contributed by atoms with E-state index >= 15 is 0 Å². The van der Waals surface area contributed by atoms with Crippen LogP contribution in [-0.2, 0) is 18.4 Å². The Morgan fingerprint density at radius 2 is 1.71 bits per heavy atom. The van der Waals surface area contributed by atoms with Crippen LogP contribution in [0.15, 0.2) is 54.2 Å². The number of aromatic nitrogens is 4. The third-order valence-electron chi connectivity index (χ3n) is 6.48. The van der Waals surface area contributed by atoms with Crippen molar-refractivity contribution in [3.05, 3.63) is 82.6 Å². The van der Waals surface area contributed by atoms with E-state index in [9.17, 15) is 4.79 Å². The van der Waals surface area contributed by atoms with Crippen molar-refractivity contribution >= 4 is 35.4 Å². The predicted octanol–water partition coefficient (Wildman–Crippen LogP) is 5.19. The van der Waals surface area contributed by atoms with Gasteiger partial charge in [0, 0.05) is 36.3 Å². The number of halogens is 1. The number of carbonyl (C=O) groups is 1. The lowest BCUT2D eigenvalue weighted by atomic mass is 10.0. The first-order chi connectivity index (χ1) is 15.9. The molecule has 0 bridgehead atoms. The average Bonchev–Trinajstić information content (AvgIpc) is 3.30. The Bertz CT molecular complexity index is 1410. The molecule has 7 heteroatoms. The van der Waals surface area contributed by atoms with Crippen molar-refractivity contribution in [2.45, 2.75) is 33.7 Å². The van der Waals surface area contributed by atoms with Crippen LogP contribution in [0.1, 0.15) is 34.8 Å². The summed E-state index contributed by atoms with van der Waals surface area (Å²) in [6.07, 6.45) is 4.58. The normalized spacial score (nSPS) is 14.8. The molecule has 4 aromatic rings. The molecule has 1 aliphatic heterocycles. The number of likely N-dealkylation sites (tertiary alicyclic amines) is 1. The van der Waals surface area contributed by atoms with Crippen LogP contribution in [-0.4, -0.2) is 36.9 Å². The summed E-state index contributed by atoms with van der Waals surface area (Å²) < 4.78 is 2.11. The van der Waals surface area contributed by atoms with Crippen LogP contribution >= 0.6 is 12.4 Å². The van der Waals surface area contributed by atoms with Gasteiger partial charge in [0.05, 0.1) is 35.0 Å². The molecule has 174 valence electrons. The lowest BCUT2D eigenvalue weighted by Crippen LogP contribution is -2.26. The van der Waals surface area contributed by atoms with Crippen molar-refractivity contribution in [3.8, 4) is 11.3 Å². The molecular weight excluding hydrogens is 446 g/mol. The number of hydrogen-bond acceptors (Lipinski definition) is 4. The SMILES string of the molecule is Cc1nc(C)c(CN2CC/C(=C\c3c(-c4ccccc4)n(C)c4ncccc34)C2=O)nc1C.Cl. The molecular formula is C27H28ClN5O. The number of hydrogen-bond donors (Lipinski definition) is 0. The molecule has 0 unspecified atom stereocenters. The molecule has 1 fully saturated rings. The van der Waals surface area contributed by atoms with Gasteiger partial charge in [0.25, 0.3) is 0 Å². The Morgan fingerprint density at radius 3 is 2.47 bits per heavy atom. The highest BCUT2D eigenvalue weighted by molar-refractivity contribution is 6.04. The standard InChI is InChI=1S/C27H27N5O.ClH/c1-17-18(2)30-24(19(3)29-17)16-32-14-12-21(27(32)33)15-23-22-11-8-13-28-26(22)31(4)25(23)20-9-6-5-7-10-20;/h5-11,13,15H,12,14,16H2,1-4H3;1H/b21-15+;. The Hall–Kier alpha value is -3.51. The van der Waals surface area contributed by atoms with Crippen LogP contribution in [0.3, 0.4) is 0 Å². The molecule has 3 aromatic heterocycles. The number of nitrogens with zero attached hydrogens (tertiary/aromatic N) is 5. The second-order valence-corrected chi connectivity index (χ2v) is 8.63. The maximum absolute atomic E-state index is 13.4. The number of carbonyl (C=O) groups excluding carboxylic acids is 1. The quantitative estimate of drug-likeness (QED) is 0.382. The van der Waals surface area contributed by atoms with Gasteiger partial charge in [0.15, 0.2) is 0 Å². The van der Waals surface area contributed by atoms with Gasteiger partial charge in [-0.15, -0.1) is 12.4 Å². The molecule has 0 saturated carbocycles. The number of rotatable bonds is 4. The van der Waals surface area contributed by atoms with Gasteiger partial charge >= 0.3 is 0 Å². The van der Waals surface area contributed by atoms with Gasteiger partial charge in [-0.1, -0.05) is 30.3 Å². The lowest BCUT2D eigenvalue weighted by molar-refractivity contribution is -0.125. The third-order valence-corrected chi connectivity index (χ3v) is 6.48. The van der Waals surface area contributed by atoms with E-state index in [1.165, 1.54) is 0 Å². The second-order valence-electron chi connectivity index (χ2n) is 8.63. The van der Waals surface area contributed by atoms with Crippen LogP contribution in [0.4, 0.5) is 0 Å². The first-order valence-corrected chi connectivity index (χ1v) is 11.2. The number of fused-ring (bicyclic) bond motifs is 1. The fraction of sp³-hybridized carbons (Fsp3) is 0.259. The van der Waals surface area contributed by atoms with Crippen LogP contribution in [0.25, 0.3) is 28.4 Å². The fourth-order valence-electron chi connectivity index (χ4n) is 4.60. The van der Waals surface area contributed by atoms with Crippen molar-refractivity contribution in [2.75, 3.05) is 6.54 Å². The molecule has 4 heterocycles. The largest absolute Gasteiger partial charge is 0.333 e. The average molecular weight is 474 g/mol.